The summed E-state index contributed by atoms with van der Waals surface area (Å²) in [6.07, 6.45) is 1.17. The molecule has 0 bridgehead atoms. The highest BCUT2D eigenvalue weighted by atomic mass is 16.5. The number of carboxylic acid groups (broad SMARTS) is 1. The minimum Gasteiger partial charge on any atom is -0.497 e. The van der Waals surface area contributed by atoms with Crippen LogP contribution in [0.3, 0.4) is 0 Å². The maximum absolute atomic E-state index is 10.9. The molecule has 0 amide bonds. The fourth-order valence-electron chi connectivity index (χ4n) is 2.01. The SMILES string of the molecule is COc1ccc(C[NH2+]c2ccc(C(=O)O)cc2C=N)cc1. The third-order valence-electron chi connectivity index (χ3n) is 3.21. The first-order chi connectivity index (χ1) is 10.1. The molecule has 0 spiro atoms. The second-order valence-corrected chi connectivity index (χ2v) is 4.55. The third-order valence-corrected chi connectivity index (χ3v) is 3.21. The summed E-state index contributed by atoms with van der Waals surface area (Å²) in [6, 6.07) is 12.5. The van der Waals surface area contributed by atoms with Crippen molar-refractivity contribution in [2.45, 2.75) is 6.54 Å². The lowest BCUT2D eigenvalue weighted by molar-refractivity contribution is -0.588. The van der Waals surface area contributed by atoms with Crippen molar-refractivity contribution in [1.82, 2.24) is 0 Å². The zero-order chi connectivity index (χ0) is 15.2. The molecule has 0 aliphatic heterocycles. The van der Waals surface area contributed by atoms with Crippen LogP contribution < -0.4 is 10.1 Å². The zero-order valence-electron chi connectivity index (χ0n) is 11.7. The van der Waals surface area contributed by atoms with Crippen molar-refractivity contribution in [3.63, 3.8) is 0 Å². The number of carboxylic acids is 1. The van der Waals surface area contributed by atoms with Gasteiger partial charge in [-0.1, -0.05) is 0 Å². The molecule has 0 radical (unpaired) electrons. The van der Waals surface area contributed by atoms with Gasteiger partial charge in [-0.2, -0.15) is 0 Å². The normalized spacial score (nSPS) is 10.1. The summed E-state index contributed by atoms with van der Waals surface area (Å²) in [7, 11) is 1.63. The van der Waals surface area contributed by atoms with E-state index in [-0.39, 0.29) is 5.56 Å². The Morgan fingerprint density at radius 3 is 2.57 bits per heavy atom. The lowest BCUT2D eigenvalue weighted by Gasteiger charge is -2.06. The van der Waals surface area contributed by atoms with Gasteiger partial charge in [0.05, 0.1) is 18.2 Å². The molecular formula is C16H17N2O3+. The van der Waals surface area contributed by atoms with Crippen molar-refractivity contribution in [3.8, 4) is 5.75 Å². The van der Waals surface area contributed by atoms with Crippen LogP contribution in [-0.4, -0.2) is 24.4 Å². The van der Waals surface area contributed by atoms with Gasteiger partial charge in [-0.15, -0.1) is 0 Å². The van der Waals surface area contributed by atoms with Crippen LogP contribution in [0.2, 0.25) is 0 Å². The first-order valence-corrected chi connectivity index (χ1v) is 6.48. The molecular weight excluding hydrogens is 268 g/mol. The Bertz CT molecular complexity index is 651. The van der Waals surface area contributed by atoms with Crippen molar-refractivity contribution in [1.29, 1.82) is 5.41 Å². The summed E-state index contributed by atoms with van der Waals surface area (Å²) in [5, 5.41) is 18.3. The second-order valence-electron chi connectivity index (χ2n) is 4.55. The first kappa shape index (κ1) is 14.7. The number of carbonyl (C=O) groups is 1. The summed E-state index contributed by atoms with van der Waals surface area (Å²) in [5.74, 6) is -0.176. The standard InChI is InChI=1S/C16H16N2O3/c1-21-14-5-2-11(3-6-14)10-18-15-7-4-12(16(19)20)8-13(15)9-17/h2-9,17-18H,10H2,1H3,(H,19,20)/p+1. The van der Waals surface area contributed by atoms with E-state index in [2.05, 4.69) is 0 Å². The number of aromatic carboxylic acids is 1. The number of quaternary nitrogens is 1. The number of hydrogen-bond acceptors (Lipinski definition) is 3. The van der Waals surface area contributed by atoms with Crippen molar-refractivity contribution < 1.29 is 20.0 Å². The highest BCUT2D eigenvalue weighted by molar-refractivity contribution is 5.92. The van der Waals surface area contributed by atoms with Crippen LogP contribution in [0.15, 0.2) is 42.5 Å². The molecule has 0 aliphatic carbocycles. The summed E-state index contributed by atoms with van der Waals surface area (Å²) in [6.45, 7) is 0.706. The fourth-order valence-corrected chi connectivity index (χ4v) is 2.01. The molecule has 2 aromatic carbocycles. The number of nitrogens with one attached hydrogen (secondary N) is 1. The summed E-state index contributed by atoms with van der Waals surface area (Å²) >= 11 is 0. The van der Waals surface area contributed by atoms with E-state index in [0.717, 1.165) is 17.0 Å². The van der Waals surface area contributed by atoms with Gasteiger partial charge in [-0.05, 0) is 36.4 Å². The van der Waals surface area contributed by atoms with Crippen LogP contribution in [0.5, 0.6) is 5.75 Å². The average Bonchev–Trinajstić information content (AvgIpc) is 2.53. The molecule has 5 heteroatoms. The van der Waals surface area contributed by atoms with Gasteiger partial charge in [0.15, 0.2) is 0 Å². The van der Waals surface area contributed by atoms with Gasteiger partial charge in [0, 0.05) is 17.8 Å². The highest BCUT2D eigenvalue weighted by Crippen LogP contribution is 2.13. The molecule has 0 fully saturated rings. The van der Waals surface area contributed by atoms with E-state index in [1.165, 1.54) is 12.3 Å². The largest absolute Gasteiger partial charge is 0.497 e. The van der Waals surface area contributed by atoms with Crippen LogP contribution in [0.4, 0.5) is 5.69 Å². The Hall–Kier alpha value is -2.66. The van der Waals surface area contributed by atoms with Gasteiger partial charge in [-0.25, -0.2) is 4.79 Å². The smallest absolute Gasteiger partial charge is 0.335 e. The third kappa shape index (κ3) is 3.67. The molecule has 21 heavy (non-hydrogen) atoms. The molecule has 0 aliphatic rings. The van der Waals surface area contributed by atoms with Crippen molar-refractivity contribution in [2.24, 2.45) is 0 Å². The lowest BCUT2D eigenvalue weighted by atomic mass is 10.1. The number of hydrogen-bond donors (Lipinski definition) is 3. The Morgan fingerprint density at radius 1 is 1.29 bits per heavy atom. The van der Waals surface area contributed by atoms with Crippen LogP contribution in [-0.2, 0) is 6.54 Å². The van der Waals surface area contributed by atoms with E-state index in [1.54, 1.807) is 19.2 Å². The number of nitrogens with two attached hydrogens (primary N) is 1. The maximum atomic E-state index is 10.9. The number of ether oxygens (including phenoxy) is 1. The van der Waals surface area contributed by atoms with E-state index < -0.39 is 5.97 Å². The Labute approximate surface area is 122 Å². The maximum Gasteiger partial charge on any atom is 0.335 e. The molecule has 4 N–H and O–H groups in total. The minimum absolute atomic E-state index is 0.190. The van der Waals surface area contributed by atoms with E-state index in [0.29, 0.717) is 12.1 Å². The molecule has 2 rings (SSSR count). The summed E-state index contributed by atoms with van der Waals surface area (Å²) < 4.78 is 5.11. The monoisotopic (exact) mass is 285 g/mol. The number of methoxy groups -OCH3 is 1. The predicted molar refractivity (Wildman–Crippen MR) is 79.6 cm³/mol. The van der Waals surface area contributed by atoms with Crippen molar-refractivity contribution in [3.05, 3.63) is 59.2 Å². The number of benzene rings is 2. The van der Waals surface area contributed by atoms with E-state index in [4.69, 9.17) is 15.3 Å². The van der Waals surface area contributed by atoms with Crippen LogP contribution in [0.1, 0.15) is 21.5 Å². The second kappa shape index (κ2) is 6.67. The average molecular weight is 285 g/mol. The van der Waals surface area contributed by atoms with Crippen LogP contribution >= 0.6 is 0 Å². The van der Waals surface area contributed by atoms with Gasteiger partial charge in [-0.3, -0.25) is 0 Å². The van der Waals surface area contributed by atoms with Crippen molar-refractivity contribution >= 4 is 17.9 Å². The number of rotatable bonds is 6. The van der Waals surface area contributed by atoms with Gasteiger partial charge >= 0.3 is 5.97 Å². The molecule has 0 atom stereocenters. The Balaban J connectivity index is 2.11. The molecule has 108 valence electrons. The molecule has 0 saturated carbocycles. The predicted octanol–water partition coefficient (Wildman–Crippen LogP) is 1.79. The summed E-state index contributed by atoms with van der Waals surface area (Å²) in [5.41, 5.74) is 2.76. The Kier molecular flexibility index (Phi) is 4.68. The van der Waals surface area contributed by atoms with Crippen LogP contribution in [0.25, 0.3) is 0 Å². The molecule has 0 aromatic heterocycles. The van der Waals surface area contributed by atoms with E-state index in [9.17, 15) is 4.79 Å². The van der Waals surface area contributed by atoms with E-state index >= 15 is 0 Å². The van der Waals surface area contributed by atoms with E-state index in [1.807, 2.05) is 29.6 Å². The Morgan fingerprint density at radius 2 is 2.00 bits per heavy atom. The van der Waals surface area contributed by atoms with Gasteiger partial charge in [0.1, 0.15) is 18.0 Å². The summed E-state index contributed by atoms with van der Waals surface area (Å²) in [4.78, 5) is 10.9. The zero-order valence-corrected chi connectivity index (χ0v) is 11.7. The highest BCUT2D eigenvalue weighted by Gasteiger charge is 2.10. The lowest BCUT2D eigenvalue weighted by Crippen LogP contribution is -2.76. The molecule has 5 nitrogen and oxygen atoms in total. The van der Waals surface area contributed by atoms with Gasteiger partial charge in [0.2, 0.25) is 0 Å². The quantitative estimate of drug-likeness (QED) is 0.558. The van der Waals surface area contributed by atoms with Gasteiger partial charge in [0.25, 0.3) is 0 Å². The van der Waals surface area contributed by atoms with Crippen LogP contribution in [0, 0.1) is 5.41 Å². The molecule has 0 unspecified atom stereocenters. The van der Waals surface area contributed by atoms with Crippen molar-refractivity contribution in [2.75, 3.05) is 7.11 Å². The minimum atomic E-state index is -0.986. The molecule has 0 heterocycles. The first-order valence-electron chi connectivity index (χ1n) is 6.48. The fraction of sp³-hybridized carbons (Fsp3) is 0.125. The molecule has 2 aromatic rings. The topological polar surface area (TPSA) is 87.0 Å². The molecule has 0 saturated heterocycles. The van der Waals surface area contributed by atoms with Gasteiger partial charge < -0.3 is 20.6 Å².